The Hall–Kier alpha value is -2.56. The van der Waals surface area contributed by atoms with Crippen molar-refractivity contribution in [2.75, 3.05) is 13.2 Å². The van der Waals surface area contributed by atoms with E-state index in [1.54, 1.807) is 13.8 Å². The van der Waals surface area contributed by atoms with E-state index in [0.717, 1.165) is 11.1 Å². The lowest BCUT2D eigenvalue weighted by Gasteiger charge is -2.21. The van der Waals surface area contributed by atoms with E-state index in [4.69, 9.17) is 18.5 Å². The van der Waals surface area contributed by atoms with Gasteiger partial charge in [0.1, 0.15) is 6.10 Å². The normalized spacial score (nSPS) is 14.2. The number of hydrogen-bond acceptors (Lipinski definition) is 10. The van der Waals surface area contributed by atoms with Gasteiger partial charge in [-0.15, -0.1) is 0 Å². The molecule has 0 fully saturated rings. The molecule has 2 aromatic rings. The van der Waals surface area contributed by atoms with Gasteiger partial charge in [-0.2, -0.15) is 25.3 Å². The van der Waals surface area contributed by atoms with Crippen LogP contribution in [0.1, 0.15) is 11.1 Å². The largest absolute Gasteiger partial charge is 0.397 e. The fourth-order valence-electron chi connectivity index (χ4n) is 2.50. The van der Waals surface area contributed by atoms with Crippen molar-refractivity contribution in [2.24, 2.45) is 5.11 Å². The maximum absolute atomic E-state index is 12.4. The third kappa shape index (κ3) is 8.34. The Balaban J connectivity index is 2.25. The standard InChI is InChI=1S/C18H21N3O10S3/c1-13-3-7-15(8-4-13)32(22,23)29-11-17(20-21-19)18(31-34(26,27)28)12-30-33(24,25)16-9-5-14(2)6-10-16/h3-10,17-18H,11-12H2,1-2H3,(H,26,27,28)/t17-,18+/m0/s1. The first-order chi connectivity index (χ1) is 15.7. The van der Waals surface area contributed by atoms with Crippen LogP contribution < -0.4 is 0 Å². The summed E-state index contributed by atoms with van der Waals surface area (Å²) in [6.45, 7) is 1.45. The molecule has 0 aliphatic carbocycles. The highest BCUT2D eigenvalue weighted by Gasteiger charge is 2.31. The van der Waals surface area contributed by atoms with Crippen LogP contribution in [0.2, 0.25) is 0 Å². The fraction of sp³-hybridized carbons (Fsp3) is 0.333. The summed E-state index contributed by atoms with van der Waals surface area (Å²) in [6, 6.07) is 9.28. The molecule has 13 nitrogen and oxygen atoms in total. The molecule has 0 saturated heterocycles. The molecule has 1 N–H and O–H groups in total. The van der Waals surface area contributed by atoms with Crippen LogP contribution >= 0.6 is 0 Å². The van der Waals surface area contributed by atoms with Gasteiger partial charge in [-0.05, 0) is 43.6 Å². The Bertz CT molecular complexity index is 1350. The van der Waals surface area contributed by atoms with Gasteiger partial charge in [0.25, 0.3) is 20.2 Å². The Morgan fingerprint density at radius 3 is 1.62 bits per heavy atom. The summed E-state index contributed by atoms with van der Waals surface area (Å²) in [5.41, 5.74) is 10.4. The third-order valence-corrected chi connectivity index (χ3v) is 7.36. The average Bonchev–Trinajstić information content (AvgIpc) is 2.74. The van der Waals surface area contributed by atoms with E-state index in [0.29, 0.717) is 0 Å². The lowest BCUT2D eigenvalue weighted by Crippen LogP contribution is -2.38. The summed E-state index contributed by atoms with van der Waals surface area (Å²) >= 11 is 0. The molecule has 186 valence electrons. The summed E-state index contributed by atoms with van der Waals surface area (Å²) in [5, 5.41) is 3.22. The highest BCUT2D eigenvalue weighted by Crippen LogP contribution is 2.19. The molecule has 0 heterocycles. The molecule has 0 radical (unpaired) electrons. The van der Waals surface area contributed by atoms with Crippen LogP contribution in [-0.4, -0.2) is 55.2 Å². The van der Waals surface area contributed by atoms with E-state index >= 15 is 0 Å². The van der Waals surface area contributed by atoms with Crippen LogP contribution in [0.4, 0.5) is 0 Å². The predicted octanol–water partition coefficient (Wildman–Crippen LogP) is 2.28. The minimum absolute atomic E-state index is 0.233. The highest BCUT2D eigenvalue weighted by atomic mass is 32.3. The van der Waals surface area contributed by atoms with E-state index in [9.17, 15) is 25.3 Å². The van der Waals surface area contributed by atoms with Gasteiger partial charge in [0.2, 0.25) is 0 Å². The first-order valence-corrected chi connectivity index (χ1v) is 13.5. The van der Waals surface area contributed by atoms with Crippen molar-refractivity contribution < 1.29 is 42.4 Å². The van der Waals surface area contributed by atoms with Crippen LogP contribution in [0.5, 0.6) is 0 Å². The van der Waals surface area contributed by atoms with E-state index in [2.05, 4.69) is 14.2 Å². The molecular weight excluding hydrogens is 514 g/mol. The molecule has 2 aromatic carbocycles. The number of benzene rings is 2. The Kier molecular flexibility index (Phi) is 9.15. The molecule has 0 aromatic heterocycles. The zero-order valence-corrected chi connectivity index (χ0v) is 20.3. The lowest BCUT2D eigenvalue weighted by molar-refractivity contribution is 0.0850. The summed E-state index contributed by atoms with van der Waals surface area (Å²) in [4.78, 5) is 1.98. The monoisotopic (exact) mass is 535 g/mol. The molecule has 0 bridgehead atoms. The fourth-order valence-corrected chi connectivity index (χ4v) is 4.84. The van der Waals surface area contributed by atoms with Crippen molar-refractivity contribution in [1.29, 1.82) is 0 Å². The van der Waals surface area contributed by atoms with Crippen molar-refractivity contribution in [1.82, 2.24) is 0 Å². The molecule has 0 aliphatic heterocycles. The second-order valence-electron chi connectivity index (χ2n) is 6.94. The zero-order valence-electron chi connectivity index (χ0n) is 17.9. The summed E-state index contributed by atoms with van der Waals surface area (Å²) < 4.78 is 95.2. The van der Waals surface area contributed by atoms with Gasteiger partial charge in [-0.25, -0.2) is 4.18 Å². The zero-order chi connectivity index (χ0) is 25.6. The van der Waals surface area contributed by atoms with Crippen LogP contribution in [0.3, 0.4) is 0 Å². The van der Waals surface area contributed by atoms with Gasteiger partial charge >= 0.3 is 10.4 Å². The second-order valence-corrected chi connectivity index (χ2v) is 11.2. The Morgan fingerprint density at radius 2 is 1.24 bits per heavy atom. The first kappa shape index (κ1) is 27.7. The second kappa shape index (κ2) is 11.2. The van der Waals surface area contributed by atoms with E-state index in [1.165, 1.54) is 48.5 Å². The van der Waals surface area contributed by atoms with Crippen molar-refractivity contribution in [3.8, 4) is 0 Å². The molecule has 2 atom stereocenters. The van der Waals surface area contributed by atoms with Crippen LogP contribution in [0.25, 0.3) is 10.4 Å². The van der Waals surface area contributed by atoms with Gasteiger partial charge in [-0.3, -0.25) is 12.9 Å². The van der Waals surface area contributed by atoms with Gasteiger partial charge < -0.3 is 0 Å². The third-order valence-electron chi connectivity index (χ3n) is 4.28. The molecule has 34 heavy (non-hydrogen) atoms. The van der Waals surface area contributed by atoms with E-state index in [1.807, 2.05) is 0 Å². The lowest BCUT2D eigenvalue weighted by atomic mass is 10.2. The molecule has 0 spiro atoms. The quantitative estimate of drug-likeness (QED) is 0.138. The highest BCUT2D eigenvalue weighted by molar-refractivity contribution is 7.87. The minimum atomic E-state index is -5.20. The summed E-state index contributed by atoms with van der Waals surface area (Å²) in [6.07, 6.45) is -1.96. The number of nitrogens with zero attached hydrogens (tertiary/aromatic N) is 3. The van der Waals surface area contributed by atoms with Gasteiger partial charge in [0, 0.05) is 4.91 Å². The summed E-state index contributed by atoms with van der Waals surface area (Å²) in [5.74, 6) is 0. The van der Waals surface area contributed by atoms with Crippen LogP contribution in [-0.2, 0) is 43.2 Å². The maximum Gasteiger partial charge on any atom is 0.397 e. The van der Waals surface area contributed by atoms with Gasteiger partial charge in [-0.1, -0.05) is 40.5 Å². The van der Waals surface area contributed by atoms with E-state index < -0.39 is 56.0 Å². The van der Waals surface area contributed by atoms with Crippen molar-refractivity contribution in [2.45, 2.75) is 35.8 Å². The molecule has 0 saturated carbocycles. The van der Waals surface area contributed by atoms with Gasteiger partial charge in [0.05, 0.1) is 29.0 Å². The average molecular weight is 536 g/mol. The molecule has 0 amide bonds. The van der Waals surface area contributed by atoms with Crippen molar-refractivity contribution >= 4 is 30.6 Å². The predicted molar refractivity (Wildman–Crippen MR) is 118 cm³/mol. The van der Waals surface area contributed by atoms with Crippen molar-refractivity contribution in [3.05, 3.63) is 70.1 Å². The molecule has 0 aliphatic rings. The Morgan fingerprint density at radius 1 is 0.824 bits per heavy atom. The molecule has 0 unspecified atom stereocenters. The van der Waals surface area contributed by atoms with E-state index in [-0.39, 0.29) is 9.79 Å². The topological polar surface area (TPSA) is 199 Å². The summed E-state index contributed by atoms with van der Waals surface area (Å²) in [7, 11) is -14.0. The number of azide groups is 1. The van der Waals surface area contributed by atoms with Crippen molar-refractivity contribution in [3.63, 3.8) is 0 Å². The molecular formula is C18H21N3O10S3. The smallest absolute Gasteiger partial charge is 0.266 e. The maximum atomic E-state index is 12.4. The minimum Gasteiger partial charge on any atom is -0.266 e. The number of aryl methyl sites for hydroxylation is 2. The Labute approximate surface area is 197 Å². The van der Waals surface area contributed by atoms with Crippen LogP contribution in [0, 0.1) is 13.8 Å². The SMILES string of the molecule is Cc1ccc(S(=O)(=O)OC[C@H](N=[N+]=[N-])[C@@H](COS(=O)(=O)c2ccc(C)cc2)OS(=O)(=O)O)cc1. The molecule has 16 heteroatoms. The van der Waals surface area contributed by atoms with Crippen LogP contribution in [0.15, 0.2) is 63.4 Å². The number of rotatable bonds is 12. The molecule has 2 rings (SSSR count). The first-order valence-electron chi connectivity index (χ1n) is 9.35. The number of hydrogen-bond donors (Lipinski definition) is 1. The van der Waals surface area contributed by atoms with Gasteiger partial charge in [0.15, 0.2) is 0 Å².